The molecule has 0 spiro atoms. The first-order valence-electron chi connectivity index (χ1n) is 7.46. The summed E-state index contributed by atoms with van der Waals surface area (Å²) in [6, 6.07) is 8.34. The fourth-order valence-electron chi connectivity index (χ4n) is 3.11. The van der Waals surface area contributed by atoms with Gasteiger partial charge in [0.25, 0.3) is 0 Å². The van der Waals surface area contributed by atoms with E-state index in [-0.39, 0.29) is 22.4 Å². The minimum absolute atomic E-state index is 0.0572. The van der Waals surface area contributed by atoms with Crippen molar-refractivity contribution < 1.29 is 9.00 Å². The van der Waals surface area contributed by atoms with Crippen LogP contribution in [-0.2, 0) is 22.0 Å². The summed E-state index contributed by atoms with van der Waals surface area (Å²) in [5.41, 5.74) is 2.47. The fraction of sp³-hybridized carbons (Fsp3) is 0.562. The molecule has 0 N–H and O–H groups in total. The quantitative estimate of drug-likeness (QED) is 0.796. The molecule has 0 unspecified atom stereocenters. The molecule has 2 heterocycles. The Kier molecular flexibility index (Phi) is 4.41. The predicted molar refractivity (Wildman–Crippen MR) is 89.0 cm³/mol. The Morgan fingerprint density at radius 1 is 1.33 bits per heavy atom. The molecule has 5 heteroatoms. The molecule has 0 radical (unpaired) electrons. The van der Waals surface area contributed by atoms with Crippen molar-refractivity contribution in [3.63, 3.8) is 0 Å². The van der Waals surface area contributed by atoms with E-state index < -0.39 is 10.8 Å². The number of amides is 1. The van der Waals surface area contributed by atoms with E-state index in [2.05, 4.69) is 12.1 Å². The molecule has 4 atom stereocenters. The highest BCUT2D eigenvalue weighted by molar-refractivity contribution is 8.00. The third-order valence-corrected chi connectivity index (χ3v) is 7.66. The van der Waals surface area contributed by atoms with Crippen molar-refractivity contribution in [3.8, 4) is 0 Å². The molecule has 2 aliphatic heterocycles. The lowest BCUT2D eigenvalue weighted by atomic mass is 10.0. The Balaban J connectivity index is 1.85. The van der Waals surface area contributed by atoms with E-state index in [1.54, 1.807) is 11.8 Å². The van der Waals surface area contributed by atoms with E-state index in [4.69, 9.17) is 0 Å². The molecule has 1 aromatic carbocycles. The van der Waals surface area contributed by atoms with Gasteiger partial charge in [0.05, 0.1) is 5.25 Å². The molecule has 3 nitrogen and oxygen atoms in total. The summed E-state index contributed by atoms with van der Waals surface area (Å²) in [5, 5.41) is -0.0253. The zero-order chi connectivity index (χ0) is 15.0. The minimum atomic E-state index is -0.803. The second-order valence-electron chi connectivity index (χ2n) is 5.76. The minimum Gasteiger partial charge on any atom is -0.337 e. The summed E-state index contributed by atoms with van der Waals surface area (Å²) in [6.45, 7) is 4.64. The van der Waals surface area contributed by atoms with Gasteiger partial charge in [-0.2, -0.15) is 0 Å². The maximum absolute atomic E-state index is 13.0. The Hall–Kier alpha value is -0.810. The van der Waals surface area contributed by atoms with E-state index >= 15 is 0 Å². The van der Waals surface area contributed by atoms with Gasteiger partial charge in [0.1, 0.15) is 5.25 Å². The molecular formula is C16H21NO2S2. The molecule has 0 aliphatic carbocycles. The summed E-state index contributed by atoms with van der Waals surface area (Å²) in [5.74, 6) is 1.80. The van der Waals surface area contributed by atoms with Crippen molar-refractivity contribution in [1.29, 1.82) is 0 Å². The molecule has 3 rings (SSSR count). The number of hydrogen-bond donors (Lipinski definition) is 0. The van der Waals surface area contributed by atoms with Crippen LogP contribution >= 0.6 is 11.8 Å². The van der Waals surface area contributed by atoms with E-state index in [0.717, 1.165) is 12.2 Å². The standard InChI is InChI=1S/C16H21NO2S2/c1-11-12(2)21(19)10-8-17(11)16(18)15-14-6-4-3-5-13(14)7-9-20-15/h3-6,11-12,15H,7-10H2,1-2H3/t11-,12+,15+,21+/m1/s1. The van der Waals surface area contributed by atoms with Crippen LogP contribution in [0.4, 0.5) is 0 Å². The van der Waals surface area contributed by atoms with Gasteiger partial charge in [-0.3, -0.25) is 9.00 Å². The molecule has 1 fully saturated rings. The van der Waals surface area contributed by atoms with Crippen LogP contribution in [-0.4, -0.2) is 44.4 Å². The molecule has 0 saturated carbocycles. The second kappa shape index (κ2) is 6.13. The lowest BCUT2D eigenvalue weighted by molar-refractivity contribution is -0.132. The van der Waals surface area contributed by atoms with Gasteiger partial charge >= 0.3 is 0 Å². The highest BCUT2D eigenvalue weighted by Crippen LogP contribution is 2.38. The zero-order valence-corrected chi connectivity index (χ0v) is 14.1. The molecule has 2 aliphatic rings. The van der Waals surface area contributed by atoms with Crippen LogP contribution in [0.25, 0.3) is 0 Å². The van der Waals surface area contributed by atoms with Crippen LogP contribution in [0.1, 0.15) is 30.2 Å². The molecule has 0 bridgehead atoms. The van der Waals surface area contributed by atoms with Gasteiger partial charge in [-0.25, -0.2) is 0 Å². The van der Waals surface area contributed by atoms with Gasteiger partial charge in [0.2, 0.25) is 5.91 Å². The van der Waals surface area contributed by atoms with Crippen molar-refractivity contribution in [2.45, 2.75) is 36.8 Å². The van der Waals surface area contributed by atoms with Gasteiger partial charge in [0.15, 0.2) is 0 Å². The Morgan fingerprint density at radius 2 is 2.10 bits per heavy atom. The summed E-state index contributed by atoms with van der Waals surface area (Å²) < 4.78 is 11.9. The molecule has 0 aromatic heterocycles. The highest BCUT2D eigenvalue weighted by Gasteiger charge is 2.37. The van der Waals surface area contributed by atoms with Gasteiger partial charge in [-0.1, -0.05) is 24.3 Å². The van der Waals surface area contributed by atoms with E-state index in [0.29, 0.717) is 12.3 Å². The lowest BCUT2D eigenvalue weighted by Crippen LogP contribution is -2.53. The van der Waals surface area contributed by atoms with E-state index in [9.17, 15) is 9.00 Å². The number of aryl methyl sites for hydroxylation is 1. The average molecular weight is 323 g/mol. The number of fused-ring (bicyclic) bond motifs is 1. The van der Waals surface area contributed by atoms with Crippen molar-refractivity contribution in [1.82, 2.24) is 4.90 Å². The monoisotopic (exact) mass is 323 g/mol. The number of thioether (sulfide) groups is 1. The number of carbonyl (C=O) groups excluding carboxylic acids is 1. The molecule has 1 saturated heterocycles. The zero-order valence-electron chi connectivity index (χ0n) is 12.5. The largest absolute Gasteiger partial charge is 0.337 e. The number of hydrogen-bond acceptors (Lipinski definition) is 3. The summed E-state index contributed by atoms with van der Waals surface area (Å²) in [6.07, 6.45) is 1.04. The lowest BCUT2D eigenvalue weighted by Gasteiger charge is -2.40. The SMILES string of the molecule is C[C@@H]1[C@H](C)[S@@](=O)CCN1C(=O)[C@H]1SCCc2ccccc21. The molecule has 1 aromatic rings. The van der Waals surface area contributed by atoms with Crippen LogP contribution in [0.3, 0.4) is 0 Å². The number of carbonyl (C=O) groups is 1. The summed E-state index contributed by atoms with van der Waals surface area (Å²) in [4.78, 5) is 14.9. The molecule has 114 valence electrons. The normalized spacial score (nSPS) is 32.6. The van der Waals surface area contributed by atoms with Gasteiger partial charge in [-0.05, 0) is 37.1 Å². The number of benzene rings is 1. The van der Waals surface area contributed by atoms with Crippen molar-refractivity contribution in [2.75, 3.05) is 18.1 Å². The Morgan fingerprint density at radius 3 is 2.90 bits per heavy atom. The van der Waals surface area contributed by atoms with Gasteiger partial charge < -0.3 is 4.90 Å². The van der Waals surface area contributed by atoms with Crippen LogP contribution in [0.15, 0.2) is 24.3 Å². The van der Waals surface area contributed by atoms with E-state index in [1.807, 2.05) is 30.9 Å². The molecule has 1 amide bonds. The third kappa shape index (κ3) is 2.78. The van der Waals surface area contributed by atoms with Gasteiger partial charge in [-0.15, -0.1) is 11.8 Å². The van der Waals surface area contributed by atoms with Crippen LogP contribution in [0.2, 0.25) is 0 Å². The van der Waals surface area contributed by atoms with Crippen molar-refractivity contribution in [2.24, 2.45) is 0 Å². The maximum Gasteiger partial charge on any atom is 0.240 e. The smallest absolute Gasteiger partial charge is 0.240 e. The average Bonchev–Trinajstić information content (AvgIpc) is 2.51. The van der Waals surface area contributed by atoms with E-state index in [1.165, 1.54) is 11.1 Å². The van der Waals surface area contributed by atoms with Crippen LogP contribution in [0.5, 0.6) is 0 Å². The summed E-state index contributed by atoms with van der Waals surface area (Å²) >= 11 is 1.74. The first-order valence-corrected chi connectivity index (χ1v) is 9.89. The Bertz CT molecular complexity index is 575. The number of nitrogens with zero attached hydrogens (tertiary/aromatic N) is 1. The second-order valence-corrected chi connectivity index (χ2v) is 8.89. The first kappa shape index (κ1) is 15.1. The van der Waals surface area contributed by atoms with Crippen molar-refractivity contribution >= 4 is 28.5 Å². The summed E-state index contributed by atoms with van der Waals surface area (Å²) in [7, 11) is -0.803. The first-order chi connectivity index (χ1) is 10.1. The topological polar surface area (TPSA) is 37.4 Å². The maximum atomic E-state index is 13.0. The van der Waals surface area contributed by atoms with Crippen molar-refractivity contribution in [3.05, 3.63) is 35.4 Å². The van der Waals surface area contributed by atoms with Gasteiger partial charge in [0, 0.05) is 29.1 Å². The fourth-order valence-corrected chi connectivity index (χ4v) is 5.71. The predicted octanol–water partition coefficient (Wildman–Crippen LogP) is 2.38. The highest BCUT2D eigenvalue weighted by atomic mass is 32.2. The number of rotatable bonds is 1. The van der Waals surface area contributed by atoms with Crippen LogP contribution < -0.4 is 0 Å². The molecular weight excluding hydrogens is 302 g/mol. The third-order valence-electron chi connectivity index (χ3n) is 4.62. The Labute approximate surface area is 132 Å². The molecule has 21 heavy (non-hydrogen) atoms. The van der Waals surface area contributed by atoms with Crippen LogP contribution in [0, 0.1) is 0 Å².